The highest BCUT2D eigenvalue weighted by atomic mass is 31.2. The summed E-state index contributed by atoms with van der Waals surface area (Å²) in [7, 11) is -3.81. The monoisotopic (exact) mass is 718 g/mol. The second-order valence-corrected chi connectivity index (χ2v) is 15.2. The van der Waals surface area contributed by atoms with E-state index in [4.69, 9.17) is 16.0 Å². The highest BCUT2D eigenvalue weighted by Gasteiger charge is 2.36. The minimum Gasteiger partial charge on any atom is -0.462 e. The van der Waals surface area contributed by atoms with Crippen molar-refractivity contribution in [1.82, 2.24) is 34.6 Å². The Labute approximate surface area is 298 Å². The second-order valence-electron chi connectivity index (χ2n) is 12.7. The van der Waals surface area contributed by atoms with E-state index in [2.05, 4.69) is 30.0 Å². The van der Waals surface area contributed by atoms with Gasteiger partial charge in [-0.15, -0.1) is 0 Å². The van der Waals surface area contributed by atoms with Crippen LogP contribution >= 0.6 is 7.44 Å². The van der Waals surface area contributed by atoms with Crippen molar-refractivity contribution in [1.29, 1.82) is 0 Å². The standard InChI is InChI=1S/C36H47N8O6P/c1-26(2)49-35(46)30(22-28-12-8-6-9-13-28)41-51(48,42-31(36(47)50-27(3)4)23-29-14-10-7-11-15-29)21-20-43(17-16-37-5)18-19-44-25-40-32-33(44)38-24-39-34(32)45/h6-15,24-27,30-31H,16-23H2,1-4H3,(H,38,39,45)(H2,41,42,48)/t30-,31-/m0/s1. The van der Waals surface area contributed by atoms with Crippen molar-refractivity contribution in [3.63, 3.8) is 0 Å². The predicted octanol–water partition coefficient (Wildman–Crippen LogP) is 3.84. The van der Waals surface area contributed by atoms with Gasteiger partial charge in [-0.3, -0.25) is 23.8 Å². The molecular weight excluding hydrogens is 671 g/mol. The number of aromatic amines is 1. The molecule has 4 aromatic rings. The van der Waals surface area contributed by atoms with Gasteiger partial charge in [0.2, 0.25) is 14.0 Å². The molecule has 0 fully saturated rings. The van der Waals surface area contributed by atoms with Gasteiger partial charge < -0.3 is 23.9 Å². The van der Waals surface area contributed by atoms with Crippen molar-refractivity contribution in [3.8, 4) is 0 Å². The Bertz CT molecular complexity index is 1780. The van der Waals surface area contributed by atoms with E-state index in [0.717, 1.165) is 11.1 Å². The molecule has 2 atom stereocenters. The van der Waals surface area contributed by atoms with E-state index in [1.54, 1.807) is 32.3 Å². The minimum absolute atomic E-state index is 0.00586. The van der Waals surface area contributed by atoms with Crippen LogP contribution in [0, 0.1) is 6.57 Å². The number of hydrogen-bond donors (Lipinski definition) is 3. The maximum Gasteiger partial charge on any atom is 0.324 e. The fraction of sp³-hybridized carbons (Fsp3) is 0.444. The second kappa shape index (κ2) is 19.1. The number of carbonyl (C=O) groups is 2. The Morgan fingerprint density at radius 3 is 1.94 bits per heavy atom. The van der Waals surface area contributed by atoms with Crippen molar-refractivity contribution < 1.29 is 23.6 Å². The topological polar surface area (TPSA) is 165 Å². The highest BCUT2D eigenvalue weighted by Crippen LogP contribution is 2.39. The largest absolute Gasteiger partial charge is 0.462 e. The molecule has 15 heteroatoms. The smallest absolute Gasteiger partial charge is 0.324 e. The molecule has 0 saturated carbocycles. The summed E-state index contributed by atoms with van der Waals surface area (Å²) in [6.07, 6.45) is 2.42. The van der Waals surface area contributed by atoms with E-state index < -0.39 is 43.7 Å². The summed E-state index contributed by atoms with van der Waals surface area (Å²) in [5.74, 6) is -1.14. The van der Waals surface area contributed by atoms with Crippen molar-refractivity contribution in [3.05, 3.63) is 106 Å². The average molecular weight is 719 g/mol. The first-order valence-electron chi connectivity index (χ1n) is 17.0. The highest BCUT2D eigenvalue weighted by molar-refractivity contribution is 7.60. The summed E-state index contributed by atoms with van der Waals surface area (Å²) in [4.78, 5) is 55.7. The van der Waals surface area contributed by atoms with Crippen LogP contribution in [0.4, 0.5) is 0 Å². The number of H-pyrrole nitrogens is 1. The van der Waals surface area contributed by atoms with Crippen LogP contribution in [-0.2, 0) is 43.0 Å². The lowest BCUT2D eigenvalue weighted by Crippen LogP contribution is -2.48. The van der Waals surface area contributed by atoms with E-state index in [0.29, 0.717) is 25.3 Å². The number of aromatic nitrogens is 4. The van der Waals surface area contributed by atoms with Crippen LogP contribution in [0.25, 0.3) is 16.0 Å². The van der Waals surface area contributed by atoms with Crippen LogP contribution < -0.4 is 15.7 Å². The van der Waals surface area contributed by atoms with Crippen molar-refractivity contribution in [2.75, 3.05) is 32.3 Å². The van der Waals surface area contributed by atoms with Gasteiger partial charge >= 0.3 is 11.9 Å². The molecule has 4 rings (SSSR count). The lowest BCUT2D eigenvalue weighted by Gasteiger charge is -2.31. The van der Waals surface area contributed by atoms with Crippen LogP contribution in [-0.4, -0.2) is 93.0 Å². The van der Waals surface area contributed by atoms with Crippen LogP contribution in [0.2, 0.25) is 0 Å². The lowest BCUT2D eigenvalue weighted by atomic mass is 10.1. The summed E-state index contributed by atoms with van der Waals surface area (Å²) in [5.41, 5.74) is 1.97. The van der Waals surface area contributed by atoms with Gasteiger partial charge in [-0.25, -0.2) is 26.7 Å². The summed E-state index contributed by atoms with van der Waals surface area (Å²) < 4.78 is 28.2. The maximum atomic E-state index is 15.2. The third-order valence-corrected chi connectivity index (χ3v) is 10.2. The number of nitrogens with one attached hydrogen (secondary N) is 3. The fourth-order valence-corrected chi connectivity index (χ4v) is 7.77. The zero-order chi connectivity index (χ0) is 36.8. The van der Waals surface area contributed by atoms with E-state index in [1.807, 2.05) is 65.6 Å². The number of ether oxygens (including phenoxy) is 2. The zero-order valence-electron chi connectivity index (χ0n) is 29.5. The Morgan fingerprint density at radius 2 is 1.43 bits per heavy atom. The van der Waals surface area contributed by atoms with Crippen LogP contribution in [0.15, 0.2) is 78.1 Å². The molecule has 0 aliphatic carbocycles. The third-order valence-electron chi connectivity index (χ3n) is 7.89. The molecule has 0 unspecified atom stereocenters. The first kappa shape index (κ1) is 39.1. The summed E-state index contributed by atoms with van der Waals surface area (Å²) in [5, 5.41) is 6.26. The Hall–Kier alpha value is -4.67. The van der Waals surface area contributed by atoms with Crippen molar-refractivity contribution in [2.45, 2.75) is 71.4 Å². The molecule has 272 valence electrons. The molecule has 0 radical (unpaired) electrons. The molecule has 0 aliphatic heterocycles. The van der Waals surface area contributed by atoms with E-state index in [9.17, 15) is 14.4 Å². The van der Waals surface area contributed by atoms with Gasteiger partial charge in [0.15, 0.2) is 11.2 Å². The minimum atomic E-state index is -3.81. The van der Waals surface area contributed by atoms with Crippen LogP contribution in [0.5, 0.6) is 0 Å². The summed E-state index contributed by atoms with van der Waals surface area (Å²) in [6, 6.07) is 16.7. The van der Waals surface area contributed by atoms with E-state index in [1.165, 1.54) is 12.7 Å². The van der Waals surface area contributed by atoms with Gasteiger partial charge in [0.25, 0.3) is 5.56 Å². The SMILES string of the molecule is [C-]#[N+]CCN(CCn1cnc2c(=O)[nH]cnc21)CCP(=O)(N[C@@H](Cc1ccccc1)C(=O)OC(C)C)N[C@@H](Cc1ccccc1)C(=O)OC(C)C. The van der Waals surface area contributed by atoms with E-state index in [-0.39, 0.29) is 43.2 Å². The van der Waals surface area contributed by atoms with Crippen LogP contribution in [0.1, 0.15) is 38.8 Å². The van der Waals surface area contributed by atoms with Gasteiger partial charge in [-0.2, -0.15) is 0 Å². The van der Waals surface area contributed by atoms with Crippen molar-refractivity contribution >= 4 is 30.5 Å². The van der Waals surface area contributed by atoms with Crippen molar-refractivity contribution in [2.24, 2.45) is 0 Å². The molecule has 0 amide bonds. The first-order valence-corrected chi connectivity index (χ1v) is 18.9. The normalized spacial score (nSPS) is 13.0. The van der Waals surface area contributed by atoms with Gasteiger partial charge in [-0.1, -0.05) is 60.7 Å². The van der Waals surface area contributed by atoms with E-state index >= 15 is 4.57 Å². The Morgan fingerprint density at radius 1 is 0.882 bits per heavy atom. The fourth-order valence-electron chi connectivity index (χ4n) is 5.48. The Balaban J connectivity index is 1.65. The molecule has 0 saturated heterocycles. The number of esters is 2. The Kier molecular flexibility index (Phi) is 14.6. The average Bonchev–Trinajstić information content (AvgIpc) is 3.52. The molecule has 51 heavy (non-hydrogen) atoms. The predicted molar refractivity (Wildman–Crippen MR) is 195 cm³/mol. The number of benzene rings is 2. The number of nitrogens with zero attached hydrogens (tertiary/aromatic N) is 5. The van der Waals surface area contributed by atoms with Gasteiger partial charge in [-0.05, 0) is 51.7 Å². The molecule has 0 bridgehead atoms. The molecular formula is C36H47N8O6P. The zero-order valence-corrected chi connectivity index (χ0v) is 30.4. The molecule has 0 aliphatic rings. The molecule has 3 N–H and O–H groups in total. The molecule has 2 aromatic carbocycles. The van der Waals surface area contributed by atoms with Gasteiger partial charge in [0.05, 0.1) is 31.4 Å². The van der Waals surface area contributed by atoms with Gasteiger partial charge in [0, 0.05) is 25.8 Å². The molecule has 14 nitrogen and oxygen atoms in total. The quantitative estimate of drug-likeness (QED) is 0.0691. The van der Waals surface area contributed by atoms with Gasteiger partial charge in [0.1, 0.15) is 12.1 Å². The third kappa shape index (κ3) is 12.3. The number of carbonyl (C=O) groups excluding carboxylic acids is 2. The molecule has 0 spiro atoms. The van der Waals surface area contributed by atoms with Crippen LogP contribution in [0.3, 0.4) is 0 Å². The first-order chi connectivity index (χ1) is 24.5. The summed E-state index contributed by atoms with van der Waals surface area (Å²) in [6.45, 7) is 16.0. The number of fused-ring (bicyclic) bond motifs is 1. The summed E-state index contributed by atoms with van der Waals surface area (Å²) >= 11 is 0. The lowest BCUT2D eigenvalue weighted by molar-refractivity contribution is -0.150. The molecule has 2 heterocycles. The maximum absolute atomic E-state index is 15.2. The molecule has 2 aromatic heterocycles. The number of rotatable bonds is 20. The number of hydrogen-bond acceptors (Lipinski definition) is 9. The number of imidazole rings is 1.